The first-order chi connectivity index (χ1) is 8.09. The second kappa shape index (κ2) is 4.21. The molecule has 0 aliphatic heterocycles. The van der Waals surface area contributed by atoms with Crippen molar-refractivity contribution in [2.24, 2.45) is 0 Å². The number of carboxylic acids is 1. The minimum absolute atomic E-state index is 0.464. The van der Waals surface area contributed by atoms with Crippen molar-refractivity contribution in [3.8, 4) is 5.69 Å². The van der Waals surface area contributed by atoms with Gasteiger partial charge in [0.2, 0.25) is 5.69 Å². The summed E-state index contributed by atoms with van der Waals surface area (Å²) in [4.78, 5) is 26.5. The summed E-state index contributed by atoms with van der Waals surface area (Å²) in [6.45, 7) is 1.64. The maximum Gasteiger partial charge on any atom is 0.360 e. The van der Waals surface area contributed by atoms with Crippen LogP contribution in [0.1, 0.15) is 16.2 Å². The predicted molar refractivity (Wildman–Crippen MR) is 61.5 cm³/mol. The highest BCUT2D eigenvalue weighted by molar-refractivity contribution is 5.84. The maximum absolute atomic E-state index is 11.9. The van der Waals surface area contributed by atoms with Crippen LogP contribution in [0, 0.1) is 6.92 Å². The molecule has 0 amide bonds. The fourth-order valence-corrected chi connectivity index (χ4v) is 1.53. The standard InChI is InChI=1S/C12H10N2O3/c1-8-7-14(9-5-3-2-4-6-9)11(15)10(13-8)12(16)17/h2-7H,1H3,(H,16,17). The average Bonchev–Trinajstić information content (AvgIpc) is 2.32. The number of para-hydroxylation sites is 1. The van der Waals surface area contributed by atoms with E-state index in [1.807, 2.05) is 6.07 Å². The molecule has 0 saturated heterocycles. The van der Waals surface area contributed by atoms with E-state index in [1.54, 1.807) is 31.2 Å². The molecule has 0 fully saturated rings. The number of nitrogens with zero attached hydrogens (tertiary/aromatic N) is 2. The lowest BCUT2D eigenvalue weighted by molar-refractivity contribution is 0.0687. The molecule has 5 nitrogen and oxygen atoms in total. The first-order valence-electron chi connectivity index (χ1n) is 4.98. The predicted octanol–water partition coefficient (Wildman–Crippen LogP) is 1.24. The summed E-state index contributed by atoms with van der Waals surface area (Å²) in [6, 6.07) is 8.83. The van der Waals surface area contributed by atoms with Crippen LogP contribution in [0.4, 0.5) is 0 Å². The van der Waals surface area contributed by atoms with Crippen molar-refractivity contribution >= 4 is 5.97 Å². The second-order valence-electron chi connectivity index (χ2n) is 3.55. The lowest BCUT2D eigenvalue weighted by atomic mass is 10.3. The number of benzene rings is 1. The van der Waals surface area contributed by atoms with Gasteiger partial charge in [-0.05, 0) is 19.1 Å². The van der Waals surface area contributed by atoms with Gasteiger partial charge in [0, 0.05) is 11.9 Å². The van der Waals surface area contributed by atoms with E-state index in [1.165, 1.54) is 10.8 Å². The van der Waals surface area contributed by atoms with E-state index in [-0.39, 0.29) is 0 Å². The van der Waals surface area contributed by atoms with E-state index >= 15 is 0 Å². The number of carbonyl (C=O) groups is 1. The zero-order valence-electron chi connectivity index (χ0n) is 9.12. The van der Waals surface area contributed by atoms with E-state index in [0.717, 1.165) is 0 Å². The van der Waals surface area contributed by atoms with E-state index in [9.17, 15) is 9.59 Å². The first-order valence-corrected chi connectivity index (χ1v) is 4.98. The fourth-order valence-electron chi connectivity index (χ4n) is 1.53. The van der Waals surface area contributed by atoms with Gasteiger partial charge in [-0.2, -0.15) is 0 Å². The van der Waals surface area contributed by atoms with Gasteiger partial charge in [-0.15, -0.1) is 0 Å². The molecule has 86 valence electrons. The molecule has 0 aliphatic carbocycles. The Labute approximate surface area is 97.0 Å². The molecular formula is C12H10N2O3. The minimum Gasteiger partial charge on any atom is -0.476 e. The number of carboxylic acid groups (broad SMARTS) is 1. The Hall–Kier alpha value is -2.43. The van der Waals surface area contributed by atoms with Crippen LogP contribution in [0.15, 0.2) is 41.3 Å². The lowest BCUT2D eigenvalue weighted by Crippen LogP contribution is -2.27. The van der Waals surface area contributed by atoms with Gasteiger partial charge in [0.15, 0.2) is 0 Å². The average molecular weight is 230 g/mol. The Balaban J connectivity index is 2.72. The van der Waals surface area contributed by atoms with E-state index in [2.05, 4.69) is 4.98 Å². The van der Waals surface area contributed by atoms with Gasteiger partial charge in [-0.25, -0.2) is 9.78 Å². The number of aromatic carboxylic acids is 1. The summed E-state index contributed by atoms with van der Waals surface area (Å²) in [5.74, 6) is -1.32. The van der Waals surface area contributed by atoms with Crippen molar-refractivity contribution in [1.29, 1.82) is 0 Å². The Morgan fingerprint density at radius 2 is 1.94 bits per heavy atom. The Bertz CT molecular complexity index is 617. The smallest absolute Gasteiger partial charge is 0.360 e. The molecule has 1 N–H and O–H groups in total. The highest BCUT2D eigenvalue weighted by Gasteiger charge is 2.14. The van der Waals surface area contributed by atoms with Gasteiger partial charge in [-0.1, -0.05) is 18.2 Å². The van der Waals surface area contributed by atoms with Crippen molar-refractivity contribution in [3.63, 3.8) is 0 Å². The second-order valence-corrected chi connectivity index (χ2v) is 3.55. The number of aryl methyl sites for hydroxylation is 1. The van der Waals surface area contributed by atoms with Gasteiger partial charge in [0.25, 0.3) is 5.56 Å². The van der Waals surface area contributed by atoms with Crippen LogP contribution in [0.5, 0.6) is 0 Å². The van der Waals surface area contributed by atoms with Crippen LogP contribution in [0.2, 0.25) is 0 Å². The molecule has 17 heavy (non-hydrogen) atoms. The molecule has 0 unspecified atom stereocenters. The maximum atomic E-state index is 11.9. The molecular weight excluding hydrogens is 220 g/mol. The first kappa shape index (κ1) is 11.1. The monoisotopic (exact) mass is 230 g/mol. The van der Waals surface area contributed by atoms with Crippen LogP contribution in [0.25, 0.3) is 5.69 Å². The largest absolute Gasteiger partial charge is 0.476 e. The Morgan fingerprint density at radius 3 is 2.53 bits per heavy atom. The third kappa shape index (κ3) is 2.08. The molecule has 2 aromatic rings. The van der Waals surface area contributed by atoms with Crippen LogP contribution in [-0.4, -0.2) is 20.6 Å². The number of rotatable bonds is 2. The molecule has 0 aliphatic rings. The Kier molecular flexibility index (Phi) is 2.74. The SMILES string of the molecule is Cc1cn(-c2ccccc2)c(=O)c(C(=O)O)n1. The molecule has 5 heteroatoms. The molecule has 0 atom stereocenters. The highest BCUT2D eigenvalue weighted by Crippen LogP contribution is 2.05. The van der Waals surface area contributed by atoms with Crippen molar-refractivity contribution in [3.05, 3.63) is 58.3 Å². The zero-order valence-corrected chi connectivity index (χ0v) is 9.12. The van der Waals surface area contributed by atoms with Crippen LogP contribution < -0.4 is 5.56 Å². The topological polar surface area (TPSA) is 72.2 Å². The number of aromatic nitrogens is 2. The summed E-state index contributed by atoms with van der Waals surface area (Å²) < 4.78 is 1.28. The number of hydrogen-bond donors (Lipinski definition) is 1. The zero-order chi connectivity index (χ0) is 12.4. The third-order valence-electron chi connectivity index (χ3n) is 2.26. The summed E-state index contributed by atoms with van der Waals surface area (Å²) >= 11 is 0. The molecule has 0 bridgehead atoms. The summed E-state index contributed by atoms with van der Waals surface area (Å²) in [5, 5.41) is 8.89. The Morgan fingerprint density at radius 1 is 1.29 bits per heavy atom. The van der Waals surface area contributed by atoms with Crippen LogP contribution >= 0.6 is 0 Å². The van der Waals surface area contributed by atoms with Crippen molar-refractivity contribution in [2.75, 3.05) is 0 Å². The van der Waals surface area contributed by atoms with Crippen molar-refractivity contribution in [2.45, 2.75) is 6.92 Å². The summed E-state index contributed by atoms with van der Waals surface area (Å²) in [6.07, 6.45) is 1.52. The molecule has 2 rings (SSSR count). The fraction of sp³-hybridized carbons (Fsp3) is 0.0833. The third-order valence-corrected chi connectivity index (χ3v) is 2.26. The molecule has 1 heterocycles. The molecule has 1 aromatic carbocycles. The van der Waals surface area contributed by atoms with Gasteiger partial charge in [-0.3, -0.25) is 9.36 Å². The van der Waals surface area contributed by atoms with Crippen molar-refractivity contribution in [1.82, 2.24) is 9.55 Å². The van der Waals surface area contributed by atoms with Crippen molar-refractivity contribution < 1.29 is 9.90 Å². The quantitative estimate of drug-likeness (QED) is 0.842. The van der Waals surface area contributed by atoms with Gasteiger partial charge >= 0.3 is 5.97 Å². The molecule has 0 radical (unpaired) electrons. The normalized spacial score (nSPS) is 10.2. The molecule has 0 saturated carbocycles. The van der Waals surface area contributed by atoms with Crippen LogP contribution in [-0.2, 0) is 0 Å². The lowest BCUT2D eigenvalue weighted by Gasteiger charge is -2.07. The van der Waals surface area contributed by atoms with Gasteiger partial charge < -0.3 is 5.11 Å². The number of hydrogen-bond acceptors (Lipinski definition) is 3. The summed E-state index contributed by atoms with van der Waals surface area (Å²) in [7, 11) is 0. The summed E-state index contributed by atoms with van der Waals surface area (Å²) in [5.41, 5.74) is -0.000457. The molecule has 0 spiro atoms. The van der Waals surface area contributed by atoms with Gasteiger partial charge in [0.05, 0.1) is 5.69 Å². The van der Waals surface area contributed by atoms with Gasteiger partial charge in [0.1, 0.15) is 0 Å². The minimum atomic E-state index is -1.32. The van der Waals surface area contributed by atoms with E-state index in [0.29, 0.717) is 11.4 Å². The van der Waals surface area contributed by atoms with E-state index in [4.69, 9.17) is 5.11 Å². The highest BCUT2D eigenvalue weighted by atomic mass is 16.4. The van der Waals surface area contributed by atoms with Crippen LogP contribution in [0.3, 0.4) is 0 Å². The van der Waals surface area contributed by atoms with E-state index < -0.39 is 17.2 Å². The molecule has 1 aromatic heterocycles.